The predicted molar refractivity (Wildman–Crippen MR) is 105 cm³/mol. The Kier molecular flexibility index (Phi) is 5.02. The number of nitrogens with one attached hydrogen (secondary N) is 1. The van der Waals surface area contributed by atoms with Crippen LogP contribution in [-0.2, 0) is 11.2 Å². The number of hydrogen-bond donors (Lipinski definition) is 2. The van der Waals surface area contributed by atoms with Gasteiger partial charge in [-0.2, -0.15) is 0 Å². The average molecular weight is 375 g/mol. The van der Waals surface area contributed by atoms with Gasteiger partial charge in [0.05, 0.1) is 11.0 Å². The molecule has 1 aliphatic rings. The van der Waals surface area contributed by atoms with E-state index in [9.17, 15) is 14.7 Å². The molecule has 6 nitrogen and oxygen atoms in total. The third-order valence-corrected chi connectivity index (χ3v) is 5.35. The van der Waals surface area contributed by atoms with Crippen molar-refractivity contribution in [3.63, 3.8) is 0 Å². The Morgan fingerprint density at radius 2 is 1.89 bits per heavy atom. The molecule has 2 aromatic carbocycles. The van der Waals surface area contributed by atoms with Crippen LogP contribution in [0.5, 0.6) is 0 Å². The zero-order valence-electron chi connectivity index (χ0n) is 15.3. The standard InChI is InChI=1S/C22H21N3O3/c26-21(16-8-9-18-19(13-16)24-11-10-23-18)25-20(22(27)28)12-15-6-3-5-14-4-1-2-7-17(14)15/h1-2,4,7-11,13,15,20H,3,5-6,12H2,(H,25,26)(H,27,28). The SMILES string of the molecule is O=C(NC(CC1CCCc2ccccc21)C(=O)O)c1ccc2nccnc2c1. The zero-order valence-corrected chi connectivity index (χ0v) is 15.3. The molecule has 2 N–H and O–H groups in total. The molecule has 3 aromatic rings. The Hall–Kier alpha value is -3.28. The molecule has 0 saturated carbocycles. The molecule has 6 heteroatoms. The number of rotatable bonds is 5. The van der Waals surface area contributed by atoms with Crippen LogP contribution in [-0.4, -0.2) is 33.0 Å². The van der Waals surface area contributed by atoms with Crippen molar-refractivity contribution >= 4 is 22.9 Å². The second kappa shape index (κ2) is 7.76. The largest absolute Gasteiger partial charge is 0.480 e. The van der Waals surface area contributed by atoms with Crippen LogP contribution in [0.2, 0.25) is 0 Å². The molecule has 0 saturated heterocycles. The zero-order chi connectivity index (χ0) is 19.5. The Morgan fingerprint density at radius 3 is 2.71 bits per heavy atom. The minimum Gasteiger partial charge on any atom is -0.480 e. The van der Waals surface area contributed by atoms with Gasteiger partial charge in [-0.15, -0.1) is 0 Å². The van der Waals surface area contributed by atoms with Crippen LogP contribution in [0.1, 0.15) is 46.7 Å². The van der Waals surface area contributed by atoms with Gasteiger partial charge in [0.1, 0.15) is 6.04 Å². The summed E-state index contributed by atoms with van der Waals surface area (Å²) in [6.45, 7) is 0. The van der Waals surface area contributed by atoms with E-state index in [0.29, 0.717) is 23.0 Å². The van der Waals surface area contributed by atoms with Gasteiger partial charge in [-0.3, -0.25) is 14.8 Å². The van der Waals surface area contributed by atoms with Crippen LogP contribution in [0, 0.1) is 0 Å². The molecular weight excluding hydrogens is 354 g/mol. The number of carbonyl (C=O) groups excluding carboxylic acids is 1. The highest BCUT2D eigenvalue weighted by Gasteiger charge is 2.28. The fourth-order valence-electron chi connectivity index (χ4n) is 3.95. The number of benzene rings is 2. The van der Waals surface area contributed by atoms with Crippen molar-refractivity contribution in [2.75, 3.05) is 0 Å². The van der Waals surface area contributed by atoms with Crippen molar-refractivity contribution < 1.29 is 14.7 Å². The second-order valence-corrected chi connectivity index (χ2v) is 7.15. The number of amides is 1. The fraction of sp³-hybridized carbons (Fsp3) is 0.273. The van der Waals surface area contributed by atoms with E-state index in [-0.39, 0.29) is 5.92 Å². The van der Waals surface area contributed by atoms with Crippen LogP contribution < -0.4 is 5.32 Å². The first-order chi connectivity index (χ1) is 13.6. The minimum atomic E-state index is -1.02. The summed E-state index contributed by atoms with van der Waals surface area (Å²) < 4.78 is 0. The lowest BCUT2D eigenvalue weighted by molar-refractivity contribution is -0.139. The number of carbonyl (C=O) groups is 2. The summed E-state index contributed by atoms with van der Waals surface area (Å²) in [7, 11) is 0. The molecule has 1 amide bonds. The number of carboxylic acid groups (broad SMARTS) is 1. The number of hydrogen-bond acceptors (Lipinski definition) is 4. The highest BCUT2D eigenvalue weighted by Crippen LogP contribution is 2.34. The molecule has 0 radical (unpaired) electrons. The summed E-state index contributed by atoms with van der Waals surface area (Å²) in [5, 5.41) is 12.4. The van der Waals surface area contributed by atoms with Gasteiger partial charge in [0, 0.05) is 18.0 Å². The van der Waals surface area contributed by atoms with Crippen LogP contribution in [0.3, 0.4) is 0 Å². The summed E-state index contributed by atoms with van der Waals surface area (Å²) in [5.74, 6) is -1.30. The number of aryl methyl sites for hydroxylation is 1. The molecule has 28 heavy (non-hydrogen) atoms. The Balaban J connectivity index is 1.52. The predicted octanol–water partition coefficient (Wildman–Crippen LogP) is 3.32. The van der Waals surface area contributed by atoms with Crippen molar-refractivity contribution in [2.24, 2.45) is 0 Å². The van der Waals surface area contributed by atoms with E-state index in [2.05, 4.69) is 27.4 Å². The number of aromatic nitrogens is 2. The monoisotopic (exact) mass is 375 g/mol. The highest BCUT2D eigenvalue weighted by atomic mass is 16.4. The first-order valence-corrected chi connectivity index (χ1v) is 9.44. The maximum atomic E-state index is 12.7. The van der Waals surface area contributed by atoms with Crippen molar-refractivity contribution in [1.29, 1.82) is 0 Å². The Labute approximate surface area is 162 Å². The molecule has 1 aliphatic carbocycles. The quantitative estimate of drug-likeness (QED) is 0.714. The lowest BCUT2D eigenvalue weighted by Gasteiger charge is -2.28. The number of aliphatic carboxylic acids is 1. The normalized spacial score (nSPS) is 16.9. The summed E-state index contributed by atoms with van der Waals surface area (Å²) in [4.78, 5) is 32.9. The van der Waals surface area contributed by atoms with E-state index in [1.807, 2.05) is 12.1 Å². The molecular formula is C22H21N3O3. The smallest absolute Gasteiger partial charge is 0.326 e. The maximum absolute atomic E-state index is 12.7. The lowest BCUT2D eigenvalue weighted by atomic mass is 9.79. The van der Waals surface area contributed by atoms with E-state index in [4.69, 9.17) is 0 Å². The van der Waals surface area contributed by atoms with E-state index >= 15 is 0 Å². The van der Waals surface area contributed by atoms with E-state index in [1.54, 1.807) is 30.6 Å². The van der Waals surface area contributed by atoms with Gasteiger partial charge >= 0.3 is 5.97 Å². The lowest BCUT2D eigenvalue weighted by Crippen LogP contribution is -2.42. The van der Waals surface area contributed by atoms with Crippen LogP contribution in [0.15, 0.2) is 54.9 Å². The van der Waals surface area contributed by atoms with Gasteiger partial charge in [-0.1, -0.05) is 24.3 Å². The molecule has 2 atom stereocenters. The maximum Gasteiger partial charge on any atom is 0.326 e. The van der Waals surface area contributed by atoms with Crippen LogP contribution in [0.4, 0.5) is 0 Å². The van der Waals surface area contributed by atoms with Crippen LogP contribution in [0.25, 0.3) is 11.0 Å². The van der Waals surface area contributed by atoms with Crippen LogP contribution >= 0.6 is 0 Å². The molecule has 0 spiro atoms. The van der Waals surface area contributed by atoms with Crippen molar-refractivity contribution in [2.45, 2.75) is 37.6 Å². The van der Waals surface area contributed by atoms with Gasteiger partial charge in [0.25, 0.3) is 5.91 Å². The number of nitrogens with zero attached hydrogens (tertiary/aromatic N) is 2. The van der Waals surface area contributed by atoms with Gasteiger partial charge in [-0.05, 0) is 60.9 Å². The first-order valence-electron chi connectivity index (χ1n) is 9.44. The topological polar surface area (TPSA) is 92.2 Å². The third kappa shape index (κ3) is 3.71. The van der Waals surface area contributed by atoms with Gasteiger partial charge in [0.2, 0.25) is 0 Å². The minimum absolute atomic E-state index is 0.133. The molecule has 4 rings (SSSR count). The number of fused-ring (bicyclic) bond motifs is 2. The Bertz CT molecular complexity index is 1030. The Morgan fingerprint density at radius 1 is 1.11 bits per heavy atom. The van der Waals surface area contributed by atoms with E-state index in [0.717, 1.165) is 19.3 Å². The molecule has 0 fully saturated rings. The van der Waals surface area contributed by atoms with E-state index in [1.165, 1.54) is 11.1 Å². The second-order valence-electron chi connectivity index (χ2n) is 7.15. The fourth-order valence-corrected chi connectivity index (χ4v) is 3.95. The van der Waals surface area contributed by atoms with Gasteiger partial charge < -0.3 is 10.4 Å². The average Bonchev–Trinajstić information content (AvgIpc) is 2.73. The summed E-state index contributed by atoms with van der Waals surface area (Å²) in [5.41, 5.74) is 4.15. The third-order valence-electron chi connectivity index (χ3n) is 5.35. The first kappa shape index (κ1) is 18.1. The van der Waals surface area contributed by atoms with Gasteiger partial charge in [-0.25, -0.2) is 4.79 Å². The van der Waals surface area contributed by atoms with Gasteiger partial charge in [0.15, 0.2) is 0 Å². The molecule has 1 aromatic heterocycles. The summed E-state index contributed by atoms with van der Waals surface area (Å²) in [6, 6.07) is 12.2. The summed E-state index contributed by atoms with van der Waals surface area (Å²) in [6.07, 6.45) is 6.52. The number of carboxylic acids is 1. The highest BCUT2D eigenvalue weighted by molar-refractivity contribution is 5.99. The summed E-state index contributed by atoms with van der Waals surface area (Å²) >= 11 is 0. The molecule has 0 aliphatic heterocycles. The molecule has 1 heterocycles. The van der Waals surface area contributed by atoms with Crippen molar-refractivity contribution in [3.05, 3.63) is 71.5 Å². The van der Waals surface area contributed by atoms with E-state index < -0.39 is 17.9 Å². The molecule has 0 bridgehead atoms. The molecule has 2 unspecified atom stereocenters. The van der Waals surface area contributed by atoms with Crippen molar-refractivity contribution in [3.8, 4) is 0 Å². The van der Waals surface area contributed by atoms with Crippen molar-refractivity contribution in [1.82, 2.24) is 15.3 Å². The molecule has 142 valence electrons.